The van der Waals surface area contributed by atoms with Crippen molar-refractivity contribution in [2.75, 3.05) is 20.6 Å². The Morgan fingerprint density at radius 1 is 1.41 bits per heavy atom. The van der Waals surface area contributed by atoms with E-state index >= 15 is 0 Å². The summed E-state index contributed by atoms with van der Waals surface area (Å²) in [7, 11) is 3.99. The molecule has 0 radical (unpaired) electrons. The number of rotatable bonds is 5. The van der Waals surface area contributed by atoms with E-state index in [-0.39, 0.29) is 16.4 Å². The molecule has 0 atom stereocenters. The molecule has 0 unspecified atom stereocenters. The maximum absolute atomic E-state index is 13.0. The van der Waals surface area contributed by atoms with E-state index in [1.165, 1.54) is 6.07 Å². The van der Waals surface area contributed by atoms with Crippen LogP contribution >= 0.6 is 11.6 Å². The Bertz CT molecular complexity index is 380. The molecule has 0 amide bonds. The molecule has 0 aliphatic heterocycles. The minimum atomic E-state index is -0.368. The summed E-state index contributed by atoms with van der Waals surface area (Å²) in [6.07, 6.45) is 0. The fourth-order valence-electron chi connectivity index (χ4n) is 1.69. The quantitative estimate of drug-likeness (QED) is 0.874. The molecule has 4 heteroatoms. The smallest absolute Gasteiger partial charge is 0.141 e. The van der Waals surface area contributed by atoms with Gasteiger partial charge >= 0.3 is 0 Å². The highest BCUT2D eigenvalue weighted by atomic mass is 35.5. The fourth-order valence-corrected chi connectivity index (χ4v) is 1.90. The van der Waals surface area contributed by atoms with Gasteiger partial charge in [0.25, 0.3) is 0 Å². The van der Waals surface area contributed by atoms with Gasteiger partial charge in [0.05, 0.1) is 5.02 Å². The molecule has 0 saturated heterocycles. The van der Waals surface area contributed by atoms with Crippen LogP contribution in [-0.4, -0.2) is 31.1 Å². The molecular formula is C13H20ClFN2. The maximum Gasteiger partial charge on any atom is 0.141 e. The Balaban J connectivity index is 2.73. The average Bonchev–Trinajstić information content (AvgIpc) is 2.23. The van der Waals surface area contributed by atoms with Crippen LogP contribution in [-0.2, 0) is 6.54 Å². The van der Waals surface area contributed by atoms with Gasteiger partial charge in [-0.1, -0.05) is 17.7 Å². The van der Waals surface area contributed by atoms with Crippen LogP contribution in [0.15, 0.2) is 18.2 Å². The van der Waals surface area contributed by atoms with Crippen LogP contribution in [0.2, 0.25) is 5.02 Å². The predicted octanol–water partition coefficient (Wildman–Crippen LogP) is 2.91. The SMILES string of the molecule is CNCC(C)(C)N(C)Cc1ccc(F)c(Cl)c1. The summed E-state index contributed by atoms with van der Waals surface area (Å²) in [4.78, 5) is 2.22. The second-order valence-electron chi connectivity index (χ2n) is 4.95. The van der Waals surface area contributed by atoms with E-state index in [0.717, 1.165) is 18.7 Å². The normalized spacial score (nSPS) is 12.2. The third-order valence-electron chi connectivity index (χ3n) is 3.05. The number of likely N-dealkylation sites (N-methyl/N-ethyl adjacent to an activating group) is 2. The first kappa shape index (κ1) is 14.4. The summed E-state index contributed by atoms with van der Waals surface area (Å²) in [6.45, 7) is 5.95. The van der Waals surface area contributed by atoms with Crippen molar-refractivity contribution in [3.8, 4) is 0 Å². The predicted molar refractivity (Wildman–Crippen MR) is 70.9 cm³/mol. The Hall–Kier alpha value is -0.640. The third kappa shape index (κ3) is 3.95. The maximum atomic E-state index is 13.0. The van der Waals surface area contributed by atoms with Crippen LogP contribution < -0.4 is 5.32 Å². The summed E-state index contributed by atoms with van der Waals surface area (Å²) in [5.41, 5.74) is 1.05. The highest BCUT2D eigenvalue weighted by Crippen LogP contribution is 2.19. The van der Waals surface area contributed by atoms with Gasteiger partial charge in [-0.05, 0) is 45.6 Å². The Labute approximate surface area is 108 Å². The van der Waals surface area contributed by atoms with Crippen LogP contribution in [0, 0.1) is 5.82 Å². The lowest BCUT2D eigenvalue weighted by atomic mass is 10.0. The van der Waals surface area contributed by atoms with E-state index in [0.29, 0.717) is 0 Å². The van der Waals surface area contributed by atoms with E-state index in [9.17, 15) is 4.39 Å². The van der Waals surface area contributed by atoms with Crippen molar-refractivity contribution in [2.45, 2.75) is 25.9 Å². The van der Waals surface area contributed by atoms with Gasteiger partial charge in [-0.15, -0.1) is 0 Å². The van der Waals surface area contributed by atoms with E-state index < -0.39 is 0 Å². The molecule has 1 aromatic rings. The summed E-state index contributed by atoms with van der Waals surface area (Å²) in [6, 6.07) is 4.87. The Kier molecular flexibility index (Phi) is 4.92. The molecule has 0 fully saturated rings. The molecule has 1 aromatic carbocycles. The van der Waals surface area contributed by atoms with Gasteiger partial charge in [0, 0.05) is 18.6 Å². The standard InChI is InChI=1S/C13H20ClFN2/c1-13(2,9-16-3)17(4)8-10-5-6-12(15)11(14)7-10/h5-7,16H,8-9H2,1-4H3. The van der Waals surface area contributed by atoms with Gasteiger partial charge in [-0.2, -0.15) is 0 Å². The van der Waals surface area contributed by atoms with Crippen LogP contribution in [0.3, 0.4) is 0 Å². The second-order valence-corrected chi connectivity index (χ2v) is 5.35. The van der Waals surface area contributed by atoms with E-state index in [1.54, 1.807) is 12.1 Å². The first-order valence-electron chi connectivity index (χ1n) is 5.66. The molecule has 0 bridgehead atoms. The molecule has 96 valence electrons. The lowest BCUT2D eigenvalue weighted by Crippen LogP contribution is -2.47. The summed E-state index contributed by atoms with van der Waals surface area (Å²) in [5, 5.41) is 3.35. The third-order valence-corrected chi connectivity index (χ3v) is 3.34. The summed E-state index contributed by atoms with van der Waals surface area (Å²) < 4.78 is 13.0. The Morgan fingerprint density at radius 3 is 2.59 bits per heavy atom. The number of nitrogens with one attached hydrogen (secondary N) is 1. The molecule has 17 heavy (non-hydrogen) atoms. The van der Waals surface area contributed by atoms with Crippen molar-refractivity contribution in [3.63, 3.8) is 0 Å². The van der Waals surface area contributed by atoms with Gasteiger partial charge in [0.1, 0.15) is 5.82 Å². The molecule has 0 spiro atoms. The monoisotopic (exact) mass is 258 g/mol. The van der Waals surface area contributed by atoms with Crippen LogP contribution in [0.5, 0.6) is 0 Å². The number of nitrogens with zero attached hydrogens (tertiary/aromatic N) is 1. The zero-order valence-electron chi connectivity index (χ0n) is 10.8. The van der Waals surface area contributed by atoms with Crippen molar-refractivity contribution >= 4 is 11.6 Å². The molecule has 0 aliphatic carbocycles. The largest absolute Gasteiger partial charge is 0.318 e. The van der Waals surface area contributed by atoms with Crippen molar-refractivity contribution in [1.29, 1.82) is 0 Å². The lowest BCUT2D eigenvalue weighted by molar-refractivity contribution is 0.147. The van der Waals surface area contributed by atoms with Crippen molar-refractivity contribution in [2.24, 2.45) is 0 Å². The highest BCUT2D eigenvalue weighted by Gasteiger charge is 2.22. The van der Waals surface area contributed by atoms with E-state index in [1.807, 2.05) is 7.05 Å². The molecule has 0 aromatic heterocycles. The Morgan fingerprint density at radius 2 is 2.06 bits per heavy atom. The molecular weight excluding hydrogens is 239 g/mol. The topological polar surface area (TPSA) is 15.3 Å². The van der Waals surface area contributed by atoms with Crippen molar-refractivity contribution in [1.82, 2.24) is 10.2 Å². The van der Waals surface area contributed by atoms with E-state index in [4.69, 9.17) is 11.6 Å². The molecule has 2 nitrogen and oxygen atoms in total. The van der Waals surface area contributed by atoms with Crippen LogP contribution in [0.4, 0.5) is 4.39 Å². The number of benzene rings is 1. The van der Waals surface area contributed by atoms with Crippen molar-refractivity contribution in [3.05, 3.63) is 34.6 Å². The molecule has 0 saturated carbocycles. The minimum Gasteiger partial charge on any atom is -0.318 e. The van der Waals surface area contributed by atoms with Gasteiger partial charge in [0.2, 0.25) is 0 Å². The van der Waals surface area contributed by atoms with E-state index in [2.05, 4.69) is 31.1 Å². The zero-order chi connectivity index (χ0) is 13.1. The zero-order valence-corrected chi connectivity index (χ0v) is 11.6. The first-order valence-corrected chi connectivity index (χ1v) is 6.04. The second kappa shape index (κ2) is 5.80. The first-order chi connectivity index (χ1) is 7.86. The minimum absolute atomic E-state index is 0.0373. The van der Waals surface area contributed by atoms with Crippen LogP contribution in [0.1, 0.15) is 19.4 Å². The van der Waals surface area contributed by atoms with Gasteiger partial charge < -0.3 is 5.32 Å². The summed E-state index contributed by atoms with van der Waals surface area (Å²) >= 11 is 5.77. The summed E-state index contributed by atoms with van der Waals surface area (Å²) in [5.74, 6) is -0.368. The molecule has 1 N–H and O–H groups in total. The average molecular weight is 259 g/mol. The van der Waals surface area contributed by atoms with Gasteiger partial charge in [0.15, 0.2) is 0 Å². The molecule has 0 heterocycles. The van der Waals surface area contributed by atoms with Crippen LogP contribution in [0.25, 0.3) is 0 Å². The van der Waals surface area contributed by atoms with Crippen molar-refractivity contribution < 1.29 is 4.39 Å². The molecule has 1 rings (SSSR count). The van der Waals surface area contributed by atoms with Gasteiger partial charge in [-0.3, -0.25) is 4.90 Å². The number of halogens is 2. The lowest BCUT2D eigenvalue weighted by Gasteiger charge is -2.35. The fraction of sp³-hybridized carbons (Fsp3) is 0.538. The number of hydrogen-bond donors (Lipinski definition) is 1. The number of hydrogen-bond acceptors (Lipinski definition) is 2. The molecule has 0 aliphatic rings. The highest BCUT2D eigenvalue weighted by molar-refractivity contribution is 6.30. The van der Waals surface area contributed by atoms with Gasteiger partial charge in [-0.25, -0.2) is 4.39 Å².